The third kappa shape index (κ3) is 2.43. The van der Waals surface area contributed by atoms with Gasteiger partial charge in [0.05, 0.1) is 19.2 Å². The van der Waals surface area contributed by atoms with Gasteiger partial charge in [-0.3, -0.25) is 4.79 Å². The molecule has 0 bridgehead atoms. The van der Waals surface area contributed by atoms with Crippen LogP contribution in [0.15, 0.2) is 58.7 Å². The normalized spacial score (nSPS) is 11.3. The first kappa shape index (κ1) is 15.8. The van der Waals surface area contributed by atoms with Crippen molar-refractivity contribution >= 4 is 32.3 Å². The minimum atomic E-state index is -0.585. The molecule has 0 aliphatic rings. The Morgan fingerprint density at radius 3 is 2.64 bits per heavy atom. The van der Waals surface area contributed by atoms with Gasteiger partial charge in [-0.05, 0) is 29.1 Å². The summed E-state index contributed by atoms with van der Waals surface area (Å²) in [5.41, 5.74) is 2.52. The number of alkyl halides is 1. The van der Waals surface area contributed by atoms with Gasteiger partial charge >= 0.3 is 0 Å². The third-order valence-electron chi connectivity index (χ3n) is 4.40. The fourth-order valence-corrected chi connectivity index (χ4v) is 4.19. The maximum Gasteiger partial charge on any atom is 0.269 e. The molecule has 0 aliphatic carbocycles. The van der Waals surface area contributed by atoms with E-state index in [4.69, 9.17) is 4.74 Å². The Bertz CT molecular complexity index is 1120. The molecule has 0 fully saturated rings. The summed E-state index contributed by atoms with van der Waals surface area (Å²) in [6.45, 7) is -0.539. The van der Waals surface area contributed by atoms with Gasteiger partial charge < -0.3 is 9.30 Å². The lowest BCUT2D eigenvalue weighted by Gasteiger charge is -2.16. The summed E-state index contributed by atoms with van der Waals surface area (Å²) in [4.78, 5) is 12.8. The van der Waals surface area contributed by atoms with E-state index in [1.807, 2.05) is 53.9 Å². The van der Waals surface area contributed by atoms with Gasteiger partial charge in [-0.1, -0.05) is 30.3 Å². The zero-order chi connectivity index (χ0) is 17.4. The molecular weight excluding hydrogens is 337 g/mol. The molecule has 0 saturated carbocycles. The lowest BCUT2D eigenvalue weighted by molar-refractivity contribution is 0.417. The summed E-state index contributed by atoms with van der Waals surface area (Å²) in [6, 6.07) is 15.6. The first-order valence-corrected chi connectivity index (χ1v) is 8.86. The second kappa shape index (κ2) is 6.33. The fraction of sp³-hybridized carbons (Fsp3) is 0.150. The van der Waals surface area contributed by atoms with Gasteiger partial charge in [-0.2, -0.15) is 0 Å². The molecule has 0 radical (unpaired) electrons. The van der Waals surface area contributed by atoms with Crippen LogP contribution in [0.5, 0.6) is 5.75 Å². The number of methoxy groups -OCH3 is 1. The largest absolute Gasteiger partial charge is 0.496 e. The number of fused-ring (bicyclic) bond motifs is 3. The van der Waals surface area contributed by atoms with E-state index in [1.165, 1.54) is 15.9 Å². The molecule has 0 amide bonds. The van der Waals surface area contributed by atoms with Crippen LogP contribution in [-0.2, 0) is 6.54 Å². The summed E-state index contributed by atoms with van der Waals surface area (Å²) in [5.74, 6) is 0.733. The number of nitrogens with zero attached hydrogens (tertiary/aromatic N) is 1. The average Bonchev–Trinajstić information content (AvgIpc) is 3.15. The van der Waals surface area contributed by atoms with Crippen molar-refractivity contribution in [1.29, 1.82) is 0 Å². The van der Waals surface area contributed by atoms with Crippen LogP contribution in [0.25, 0.3) is 32.1 Å². The van der Waals surface area contributed by atoms with Crippen molar-refractivity contribution in [3.63, 3.8) is 0 Å². The number of hydrogen-bond donors (Lipinski definition) is 0. The van der Waals surface area contributed by atoms with Crippen molar-refractivity contribution in [2.45, 2.75) is 6.54 Å². The molecule has 0 unspecified atom stereocenters. The molecule has 0 atom stereocenters. The maximum atomic E-state index is 13.1. The second-order valence-electron chi connectivity index (χ2n) is 5.71. The van der Waals surface area contributed by atoms with Crippen molar-refractivity contribution in [2.75, 3.05) is 13.8 Å². The highest BCUT2D eigenvalue weighted by molar-refractivity contribution is 7.17. The number of hydrogen-bond acceptors (Lipinski definition) is 3. The summed E-state index contributed by atoms with van der Waals surface area (Å²) in [6.07, 6.45) is 0. The lowest BCUT2D eigenvalue weighted by atomic mass is 9.97. The van der Waals surface area contributed by atoms with Gasteiger partial charge in [0.15, 0.2) is 0 Å². The van der Waals surface area contributed by atoms with Crippen LogP contribution >= 0.6 is 11.3 Å². The Morgan fingerprint density at radius 2 is 1.92 bits per heavy atom. The van der Waals surface area contributed by atoms with Gasteiger partial charge in [0.2, 0.25) is 0 Å². The standard InChI is InChI=1S/C20H16FNO2S/c1-24-16-8-7-15-18(17(16)13-5-3-2-4-6-13)14-9-12-25-19(14)20(23)22(15)11-10-21/h2-9,12H,10-11H2,1H3. The van der Waals surface area contributed by atoms with Crippen molar-refractivity contribution in [2.24, 2.45) is 0 Å². The first-order valence-electron chi connectivity index (χ1n) is 7.98. The monoisotopic (exact) mass is 353 g/mol. The van der Waals surface area contributed by atoms with Crippen LogP contribution in [0, 0.1) is 0 Å². The van der Waals surface area contributed by atoms with E-state index in [0.29, 0.717) is 4.70 Å². The number of ether oxygens (including phenoxy) is 1. The zero-order valence-electron chi connectivity index (χ0n) is 13.7. The quantitative estimate of drug-likeness (QED) is 0.524. The van der Waals surface area contributed by atoms with E-state index in [0.717, 1.165) is 33.2 Å². The number of benzene rings is 2. The van der Waals surface area contributed by atoms with Gasteiger partial charge in [0.25, 0.3) is 5.56 Å². The number of thiophene rings is 1. The molecule has 0 spiro atoms. The maximum absolute atomic E-state index is 13.1. The van der Waals surface area contributed by atoms with Gasteiger partial charge in [-0.25, -0.2) is 4.39 Å². The molecule has 3 nitrogen and oxygen atoms in total. The number of aromatic nitrogens is 1. The molecule has 4 rings (SSSR count). The van der Waals surface area contributed by atoms with Crippen LogP contribution in [0.3, 0.4) is 0 Å². The van der Waals surface area contributed by atoms with E-state index in [-0.39, 0.29) is 12.1 Å². The van der Waals surface area contributed by atoms with E-state index in [9.17, 15) is 9.18 Å². The molecule has 0 aliphatic heterocycles. The first-order chi connectivity index (χ1) is 12.3. The minimum absolute atomic E-state index is 0.0454. The molecule has 0 N–H and O–H groups in total. The van der Waals surface area contributed by atoms with Crippen molar-refractivity contribution in [3.05, 3.63) is 64.3 Å². The third-order valence-corrected chi connectivity index (χ3v) is 5.30. The van der Waals surface area contributed by atoms with Crippen LogP contribution in [0.2, 0.25) is 0 Å². The number of pyridine rings is 1. The smallest absolute Gasteiger partial charge is 0.269 e. The molecule has 0 saturated heterocycles. The van der Waals surface area contributed by atoms with E-state index < -0.39 is 6.67 Å². The van der Waals surface area contributed by atoms with Gasteiger partial charge in [0, 0.05) is 16.3 Å². The fourth-order valence-electron chi connectivity index (χ4n) is 3.34. The van der Waals surface area contributed by atoms with Crippen molar-refractivity contribution in [3.8, 4) is 16.9 Å². The number of halogens is 1. The molecule has 2 aromatic carbocycles. The van der Waals surface area contributed by atoms with E-state index >= 15 is 0 Å². The summed E-state index contributed by atoms with van der Waals surface area (Å²) in [5, 5.41) is 3.72. The molecule has 126 valence electrons. The Morgan fingerprint density at radius 1 is 1.12 bits per heavy atom. The Labute approximate surface area is 147 Å². The van der Waals surface area contributed by atoms with Crippen molar-refractivity contribution < 1.29 is 9.13 Å². The highest BCUT2D eigenvalue weighted by Gasteiger charge is 2.18. The topological polar surface area (TPSA) is 31.2 Å². The average molecular weight is 353 g/mol. The summed E-state index contributed by atoms with van der Waals surface area (Å²) >= 11 is 1.39. The second-order valence-corrected chi connectivity index (χ2v) is 6.63. The van der Waals surface area contributed by atoms with Crippen molar-refractivity contribution in [1.82, 2.24) is 4.57 Å². The predicted molar refractivity (Wildman–Crippen MR) is 102 cm³/mol. The summed E-state index contributed by atoms with van der Waals surface area (Å²) < 4.78 is 20.9. The predicted octanol–water partition coefficient (Wildman–Crippen LogP) is 4.86. The van der Waals surface area contributed by atoms with Crippen LogP contribution < -0.4 is 10.3 Å². The minimum Gasteiger partial charge on any atom is -0.496 e. The zero-order valence-corrected chi connectivity index (χ0v) is 14.5. The Kier molecular flexibility index (Phi) is 4.01. The molecule has 2 aromatic heterocycles. The summed E-state index contributed by atoms with van der Waals surface area (Å²) in [7, 11) is 1.63. The van der Waals surface area contributed by atoms with Gasteiger partial charge in [-0.15, -0.1) is 11.3 Å². The van der Waals surface area contributed by atoms with E-state index in [1.54, 1.807) is 7.11 Å². The molecular formula is C20H16FNO2S. The van der Waals surface area contributed by atoms with Crippen LogP contribution in [0.1, 0.15) is 0 Å². The Hall–Kier alpha value is -2.66. The SMILES string of the molecule is COc1ccc2c(c1-c1ccccc1)c1ccsc1c(=O)n2CCF. The highest BCUT2D eigenvalue weighted by Crippen LogP contribution is 2.40. The number of rotatable bonds is 4. The lowest BCUT2D eigenvalue weighted by Crippen LogP contribution is -2.21. The molecule has 2 heterocycles. The Balaban J connectivity index is 2.25. The number of aryl methyl sites for hydroxylation is 1. The highest BCUT2D eigenvalue weighted by atomic mass is 32.1. The van der Waals surface area contributed by atoms with Crippen LogP contribution in [0.4, 0.5) is 4.39 Å². The van der Waals surface area contributed by atoms with Crippen LogP contribution in [-0.4, -0.2) is 18.4 Å². The van der Waals surface area contributed by atoms with E-state index in [2.05, 4.69) is 0 Å². The van der Waals surface area contributed by atoms with Gasteiger partial charge in [0.1, 0.15) is 17.1 Å². The molecule has 4 aromatic rings. The molecule has 5 heteroatoms. The molecule has 25 heavy (non-hydrogen) atoms.